The standard InChI is InChI=1S/C16H16N4O2/c1-18-16(21)19-10-9-13(12-6-3-2-4-7-12)20(19)15(17-18)14-8-5-11-22-14/h2-8,11,13H,9-10H2,1H3. The molecule has 2 aliphatic heterocycles. The molecule has 22 heavy (non-hydrogen) atoms. The minimum atomic E-state index is -0.117. The smallest absolute Gasteiger partial charge is 0.359 e. The lowest BCUT2D eigenvalue weighted by Gasteiger charge is -2.39. The summed E-state index contributed by atoms with van der Waals surface area (Å²) in [6.07, 6.45) is 2.48. The number of hydrogen-bond donors (Lipinski definition) is 0. The van der Waals surface area contributed by atoms with Gasteiger partial charge in [-0.2, -0.15) is 0 Å². The van der Waals surface area contributed by atoms with Crippen molar-refractivity contribution < 1.29 is 9.21 Å². The van der Waals surface area contributed by atoms with E-state index < -0.39 is 0 Å². The second-order valence-electron chi connectivity index (χ2n) is 5.39. The molecule has 0 spiro atoms. The summed E-state index contributed by atoms with van der Waals surface area (Å²) in [4.78, 5) is 12.4. The van der Waals surface area contributed by atoms with Crippen molar-refractivity contribution in [2.75, 3.05) is 13.6 Å². The maximum atomic E-state index is 12.4. The van der Waals surface area contributed by atoms with Gasteiger partial charge < -0.3 is 4.42 Å². The number of urea groups is 1. The lowest BCUT2D eigenvalue weighted by Crippen LogP contribution is -2.54. The second-order valence-corrected chi connectivity index (χ2v) is 5.39. The van der Waals surface area contributed by atoms with Crippen LogP contribution in [0, 0.1) is 0 Å². The van der Waals surface area contributed by atoms with Gasteiger partial charge in [-0.3, -0.25) is 5.01 Å². The van der Waals surface area contributed by atoms with E-state index in [1.165, 1.54) is 10.6 Å². The molecule has 3 heterocycles. The van der Waals surface area contributed by atoms with Crippen molar-refractivity contribution >= 4 is 11.9 Å². The fourth-order valence-electron chi connectivity index (χ4n) is 3.04. The summed E-state index contributed by atoms with van der Waals surface area (Å²) >= 11 is 0. The van der Waals surface area contributed by atoms with Crippen molar-refractivity contribution in [2.24, 2.45) is 5.10 Å². The lowest BCUT2D eigenvalue weighted by atomic mass is 10.0. The molecule has 6 heteroatoms. The highest BCUT2D eigenvalue weighted by molar-refractivity contribution is 6.00. The molecule has 6 nitrogen and oxygen atoms in total. The van der Waals surface area contributed by atoms with Gasteiger partial charge in [-0.15, -0.1) is 5.10 Å². The van der Waals surface area contributed by atoms with Gasteiger partial charge in [0.25, 0.3) is 0 Å². The first-order valence-corrected chi connectivity index (χ1v) is 7.27. The van der Waals surface area contributed by atoms with E-state index in [0.29, 0.717) is 18.1 Å². The molecule has 0 saturated carbocycles. The molecule has 1 fully saturated rings. The van der Waals surface area contributed by atoms with Gasteiger partial charge in [-0.1, -0.05) is 30.3 Å². The summed E-state index contributed by atoms with van der Waals surface area (Å²) in [6.45, 7) is 0.669. The zero-order chi connectivity index (χ0) is 15.1. The van der Waals surface area contributed by atoms with E-state index in [2.05, 4.69) is 17.2 Å². The van der Waals surface area contributed by atoms with Crippen molar-refractivity contribution in [3.63, 3.8) is 0 Å². The molecule has 1 saturated heterocycles. The minimum Gasteiger partial charge on any atom is -0.461 e. The quantitative estimate of drug-likeness (QED) is 0.856. The van der Waals surface area contributed by atoms with Gasteiger partial charge in [0, 0.05) is 13.6 Å². The van der Waals surface area contributed by atoms with Crippen LogP contribution in [0.3, 0.4) is 0 Å². The van der Waals surface area contributed by atoms with Crippen molar-refractivity contribution in [2.45, 2.75) is 12.5 Å². The molecule has 2 amide bonds. The van der Waals surface area contributed by atoms with Crippen LogP contribution in [0.15, 0.2) is 58.2 Å². The highest BCUT2D eigenvalue weighted by Gasteiger charge is 2.43. The van der Waals surface area contributed by atoms with Gasteiger partial charge in [0.05, 0.1) is 12.3 Å². The lowest BCUT2D eigenvalue weighted by molar-refractivity contribution is 0.0631. The maximum Gasteiger partial charge on any atom is 0.359 e. The molecular formula is C16H16N4O2. The fourth-order valence-corrected chi connectivity index (χ4v) is 3.04. The summed E-state index contributed by atoms with van der Waals surface area (Å²) in [5.41, 5.74) is 1.17. The molecule has 112 valence electrons. The van der Waals surface area contributed by atoms with Crippen LogP contribution in [0.1, 0.15) is 23.8 Å². The molecule has 0 N–H and O–H groups in total. The number of nitrogens with zero attached hydrogens (tertiary/aromatic N) is 4. The van der Waals surface area contributed by atoms with Gasteiger partial charge >= 0.3 is 6.03 Å². The van der Waals surface area contributed by atoms with Gasteiger partial charge in [-0.05, 0) is 24.1 Å². The van der Waals surface area contributed by atoms with E-state index in [1.54, 1.807) is 18.3 Å². The van der Waals surface area contributed by atoms with E-state index >= 15 is 0 Å². The Morgan fingerprint density at radius 1 is 1.18 bits per heavy atom. The summed E-state index contributed by atoms with van der Waals surface area (Å²) in [5, 5.41) is 9.47. The third kappa shape index (κ3) is 1.88. The molecule has 2 aliphatic rings. The Labute approximate surface area is 128 Å². The van der Waals surface area contributed by atoms with Gasteiger partial charge in [0.15, 0.2) is 5.76 Å². The molecule has 0 bridgehead atoms. The highest BCUT2D eigenvalue weighted by atomic mass is 16.3. The van der Waals surface area contributed by atoms with Crippen LogP contribution < -0.4 is 0 Å². The molecule has 2 aromatic rings. The number of benzene rings is 1. The minimum absolute atomic E-state index is 0.0858. The Bertz CT molecular complexity index is 711. The van der Waals surface area contributed by atoms with Crippen LogP contribution in [0.2, 0.25) is 0 Å². The van der Waals surface area contributed by atoms with E-state index in [-0.39, 0.29) is 12.1 Å². The SMILES string of the molecule is CN1N=C(c2ccco2)N2C(c3ccccc3)CCN2C1=O. The van der Waals surface area contributed by atoms with Crippen LogP contribution in [0.25, 0.3) is 0 Å². The Balaban J connectivity index is 1.80. The number of amidine groups is 1. The average molecular weight is 296 g/mol. The molecule has 1 aromatic carbocycles. The number of carbonyl (C=O) groups excluding carboxylic acids is 1. The monoisotopic (exact) mass is 296 g/mol. The largest absolute Gasteiger partial charge is 0.461 e. The van der Waals surface area contributed by atoms with Crippen LogP contribution in [0.5, 0.6) is 0 Å². The predicted molar refractivity (Wildman–Crippen MR) is 80.7 cm³/mol. The zero-order valence-corrected chi connectivity index (χ0v) is 12.2. The van der Waals surface area contributed by atoms with Crippen LogP contribution >= 0.6 is 0 Å². The number of rotatable bonds is 2. The molecule has 1 atom stereocenters. The third-order valence-electron chi connectivity index (χ3n) is 4.05. The van der Waals surface area contributed by atoms with E-state index in [9.17, 15) is 4.79 Å². The first-order valence-electron chi connectivity index (χ1n) is 7.27. The molecule has 0 radical (unpaired) electrons. The first kappa shape index (κ1) is 12.9. The van der Waals surface area contributed by atoms with Crippen molar-refractivity contribution in [1.29, 1.82) is 0 Å². The molecule has 1 unspecified atom stereocenters. The molecular weight excluding hydrogens is 280 g/mol. The van der Waals surface area contributed by atoms with Gasteiger partial charge in [0.1, 0.15) is 0 Å². The number of amides is 2. The predicted octanol–water partition coefficient (Wildman–Crippen LogP) is 2.67. The number of furan rings is 1. The number of hydrazine groups is 1. The third-order valence-corrected chi connectivity index (χ3v) is 4.05. The van der Waals surface area contributed by atoms with E-state index in [0.717, 1.165) is 6.42 Å². The van der Waals surface area contributed by atoms with Crippen LogP contribution in [-0.2, 0) is 0 Å². The van der Waals surface area contributed by atoms with E-state index in [4.69, 9.17) is 4.42 Å². The average Bonchev–Trinajstić information content (AvgIpc) is 3.21. The Kier molecular flexibility index (Phi) is 2.89. The second kappa shape index (κ2) is 4.91. The number of hydrogen-bond acceptors (Lipinski definition) is 4. The fraction of sp³-hybridized carbons (Fsp3) is 0.250. The van der Waals surface area contributed by atoms with Crippen LogP contribution in [0.4, 0.5) is 4.79 Å². The maximum absolute atomic E-state index is 12.4. The van der Waals surface area contributed by atoms with Gasteiger partial charge in [0.2, 0.25) is 5.84 Å². The summed E-state index contributed by atoms with van der Waals surface area (Å²) in [5.74, 6) is 1.32. The van der Waals surface area contributed by atoms with E-state index in [1.807, 2.05) is 35.3 Å². The van der Waals surface area contributed by atoms with Crippen molar-refractivity contribution in [3.8, 4) is 0 Å². The zero-order valence-electron chi connectivity index (χ0n) is 12.2. The first-order chi connectivity index (χ1) is 10.8. The molecule has 4 rings (SSSR count). The van der Waals surface area contributed by atoms with Crippen molar-refractivity contribution in [1.82, 2.24) is 15.0 Å². The molecule has 1 aromatic heterocycles. The summed E-state index contributed by atoms with van der Waals surface area (Å²) < 4.78 is 5.51. The highest BCUT2D eigenvalue weighted by Crippen LogP contribution is 2.36. The summed E-state index contributed by atoms with van der Waals surface area (Å²) in [7, 11) is 1.67. The normalized spacial score (nSPS) is 21.1. The Morgan fingerprint density at radius 2 is 2.00 bits per heavy atom. The van der Waals surface area contributed by atoms with Gasteiger partial charge in [-0.25, -0.2) is 14.8 Å². The van der Waals surface area contributed by atoms with Crippen molar-refractivity contribution in [3.05, 3.63) is 60.1 Å². The number of fused-ring (bicyclic) bond motifs is 1. The Hall–Kier alpha value is -2.76. The van der Waals surface area contributed by atoms with Crippen LogP contribution in [-0.4, -0.2) is 40.5 Å². The number of carbonyl (C=O) groups is 1. The molecule has 0 aliphatic carbocycles. The topological polar surface area (TPSA) is 52.3 Å². The summed E-state index contributed by atoms with van der Waals surface area (Å²) in [6, 6.07) is 13.8. The Morgan fingerprint density at radius 3 is 2.73 bits per heavy atom. The number of hydrazone groups is 1.